The summed E-state index contributed by atoms with van der Waals surface area (Å²) in [5.74, 6) is -0.477. The van der Waals surface area contributed by atoms with Gasteiger partial charge in [0.25, 0.3) is 0 Å². The molecule has 0 amide bonds. The van der Waals surface area contributed by atoms with Crippen LogP contribution in [-0.4, -0.2) is 25.6 Å². The number of carbonyl (C=O) groups excluding carboxylic acids is 1. The van der Waals surface area contributed by atoms with E-state index < -0.39 is 12.4 Å². The summed E-state index contributed by atoms with van der Waals surface area (Å²) < 4.78 is 10.3. The van der Waals surface area contributed by atoms with Gasteiger partial charge in [-0.15, -0.1) is 0 Å². The predicted molar refractivity (Wildman–Crippen MR) is 62.0 cm³/mol. The van der Waals surface area contributed by atoms with Crippen molar-refractivity contribution < 1.29 is 19.1 Å². The topological polar surface area (TPSA) is 56.8 Å². The number of hydroxylamine groups is 1. The van der Waals surface area contributed by atoms with Crippen LogP contribution in [0.3, 0.4) is 0 Å². The lowest BCUT2D eigenvalue weighted by molar-refractivity contribution is -0.202. The fraction of sp³-hybridized carbons (Fsp3) is 0.417. The van der Waals surface area contributed by atoms with E-state index in [0.717, 1.165) is 0 Å². The molecule has 0 saturated heterocycles. The average molecular weight is 239 g/mol. The summed E-state index contributed by atoms with van der Waals surface area (Å²) in [7, 11) is 0. The van der Waals surface area contributed by atoms with Gasteiger partial charge >= 0.3 is 5.97 Å². The van der Waals surface area contributed by atoms with Crippen LogP contribution in [0, 0.1) is 0 Å². The van der Waals surface area contributed by atoms with Crippen molar-refractivity contribution in [2.75, 3.05) is 13.2 Å². The van der Waals surface area contributed by atoms with Gasteiger partial charge in [-0.05, 0) is 26.0 Å². The standard InChI is InChI=1S/C12H17NO4/c1-3-15-12(16-4-2)13-17-11(14)10-8-6-5-7-9-10/h5-9,12-13H,3-4H2,1-2H3. The van der Waals surface area contributed by atoms with Gasteiger partial charge in [0, 0.05) is 13.2 Å². The van der Waals surface area contributed by atoms with E-state index in [4.69, 9.17) is 14.3 Å². The van der Waals surface area contributed by atoms with Crippen molar-refractivity contribution in [2.45, 2.75) is 20.3 Å². The van der Waals surface area contributed by atoms with Crippen LogP contribution in [0.1, 0.15) is 24.2 Å². The molecule has 0 heterocycles. The van der Waals surface area contributed by atoms with Crippen LogP contribution in [0.5, 0.6) is 0 Å². The molecule has 1 aromatic rings. The Balaban J connectivity index is 2.41. The van der Waals surface area contributed by atoms with Gasteiger partial charge in [-0.1, -0.05) is 23.7 Å². The fourth-order valence-corrected chi connectivity index (χ4v) is 1.15. The van der Waals surface area contributed by atoms with Crippen LogP contribution >= 0.6 is 0 Å². The van der Waals surface area contributed by atoms with Gasteiger partial charge in [-0.25, -0.2) is 4.79 Å². The Morgan fingerprint density at radius 1 is 1.18 bits per heavy atom. The maximum Gasteiger partial charge on any atom is 0.356 e. The van der Waals surface area contributed by atoms with E-state index in [-0.39, 0.29) is 0 Å². The maximum absolute atomic E-state index is 11.6. The molecule has 17 heavy (non-hydrogen) atoms. The van der Waals surface area contributed by atoms with Crippen molar-refractivity contribution in [1.29, 1.82) is 0 Å². The molecular weight excluding hydrogens is 222 g/mol. The molecule has 0 radical (unpaired) electrons. The highest BCUT2D eigenvalue weighted by Crippen LogP contribution is 2.00. The molecule has 0 aliphatic carbocycles. The van der Waals surface area contributed by atoms with Gasteiger partial charge in [0.2, 0.25) is 6.41 Å². The Hall–Kier alpha value is -1.43. The first kappa shape index (κ1) is 13.6. The lowest BCUT2D eigenvalue weighted by Gasteiger charge is -2.17. The Morgan fingerprint density at radius 3 is 2.29 bits per heavy atom. The number of rotatable bonds is 7. The van der Waals surface area contributed by atoms with E-state index in [2.05, 4.69) is 5.48 Å². The highest BCUT2D eigenvalue weighted by molar-refractivity contribution is 5.89. The van der Waals surface area contributed by atoms with Crippen LogP contribution in [0.15, 0.2) is 30.3 Å². The lowest BCUT2D eigenvalue weighted by Crippen LogP contribution is -2.36. The van der Waals surface area contributed by atoms with Crippen molar-refractivity contribution in [3.05, 3.63) is 35.9 Å². The first-order chi connectivity index (χ1) is 8.27. The van der Waals surface area contributed by atoms with Crippen LogP contribution < -0.4 is 5.48 Å². The maximum atomic E-state index is 11.6. The molecule has 1 N–H and O–H groups in total. The summed E-state index contributed by atoms with van der Waals surface area (Å²) in [6.07, 6.45) is -0.738. The summed E-state index contributed by atoms with van der Waals surface area (Å²) in [6.45, 7) is 4.57. The van der Waals surface area contributed by atoms with E-state index in [1.54, 1.807) is 24.3 Å². The molecule has 5 nitrogen and oxygen atoms in total. The second-order valence-electron chi connectivity index (χ2n) is 3.12. The monoisotopic (exact) mass is 239 g/mol. The molecule has 1 aromatic carbocycles. The zero-order valence-corrected chi connectivity index (χ0v) is 10.0. The third-order valence-electron chi connectivity index (χ3n) is 1.89. The number of ether oxygens (including phenoxy) is 2. The van der Waals surface area contributed by atoms with Crippen LogP contribution in [-0.2, 0) is 14.3 Å². The minimum absolute atomic E-state index is 0.459. The number of benzene rings is 1. The number of hydrogen-bond donors (Lipinski definition) is 1. The molecule has 0 atom stereocenters. The van der Waals surface area contributed by atoms with Gasteiger partial charge in [0.1, 0.15) is 0 Å². The van der Waals surface area contributed by atoms with E-state index in [1.807, 2.05) is 19.9 Å². The molecule has 94 valence electrons. The van der Waals surface area contributed by atoms with Crippen molar-refractivity contribution >= 4 is 5.97 Å². The Bertz CT molecular complexity index is 323. The van der Waals surface area contributed by atoms with Crippen molar-refractivity contribution in [3.8, 4) is 0 Å². The highest BCUT2D eigenvalue weighted by atomic mass is 16.8. The minimum Gasteiger partial charge on any atom is -0.362 e. The molecule has 0 unspecified atom stereocenters. The largest absolute Gasteiger partial charge is 0.362 e. The molecule has 0 saturated carbocycles. The van der Waals surface area contributed by atoms with E-state index in [9.17, 15) is 4.79 Å². The number of hydrogen-bond acceptors (Lipinski definition) is 5. The number of carbonyl (C=O) groups is 1. The molecule has 0 fully saturated rings. The van der Waals surface area contributed by atoms with Gasteiger partial charge in [-0.3, -0.25) is 0 Å². The van der Waals surface area contributed by atoms with Gasteiger partial charge in [0.05, 0.1) is 5.56 Å². The smallest absolute Gasteiger partial charge is 0.356 e. The predicted octanol–water partition coefficient (Wildman–Crippen LogP) is 1.70. The summed E-state index contributed by atoms with van der Waals surface area (Å²) in [6, 6.07) is 8.69. The molecule has 5 heteroatoms. The van der Waals surface area contributed by atoms with Crippen LogP contribution in [0.25, 0.3) is 0 Å². The zero-order chi connectivity index (χ0) is 12.5. The molecule has 0 aromatic heterocycles. The van der Waals surface area contributed by atoms with Crippen molar-refractivity contribution in [3.63, 3.8) is 0 Å². The normalized spacial score (nSPS) is 10.5. The molecular formula is C12H17NO4. The first-order valence-electron chi connectivity index (χ1n) is 5.52. The Kier molecular flexibility index (Phi) is 6.24. The van der Waals surface area contributed by atoms with Gasteiger partial charge in [-0.2, -0.15) is 0 Å². The lowest BCUT2D eigenvalue weighted by atomic mass is 10.2. The fourth-order valence-electron chi connectivity index (χ4n) is 1.15. The summed E-state index contributed by atoms with van der Waals surface area (Å²) in [4.78, 5) is 16.4. The first-order valence-corrected chi connectivity index (χ1v) is 5.52. The highest BCUT2D eigenvalue weighted by Gasteiger charge is 2.12. The molecule has 0 aliphatic rings. The second-order valence-corrected chi connectivity index (χ2v) is 3.12. The van der Waals surface area contributed by atoms with Crippen LogP contribution in [0.4, 0.5) is 0 Å². The quantitative estimate of drug-likeness (QED) is 0.579. The van der Waals surface area contributed by atoms with E-state index >= 15 is 0 Å². The summed E-state index contributed by atoms with van der Waals surface area (Å²) >= 11 is 0. The van der Waals surface area contributed by atoms with Crippen molar-refractivity contribution in [1.82, 2.24) is 5.48 Å². The molecule has 0 bridgehead atoms. The molecule has 0 aliphatic heterocycles. The third kappa shape index (κ3) is 4.95. The summed E-state index contributed by atoms with van der Waals surface area (Å²) in [5.41, 5.74) is 2.89. The SMILES string of the molecule is CCOC(NOC(=O)c1ccccc1)OCC. The Labute approximate surface area is 101 Å². The average Bonchev–Trinajstić information content (AvgIpc) is 2.37. The second kappa shape index (κ2) is 7.78. The van der Waals surface area contributed by atoms with Crippen LogP contribution in [0.2, 0.25) is 0 Å². The zero-order valence-electron chi connectivity index (χ0n) is 10.0. The van der Waals surface area contributed by atoms with Crippen molar-refractivity contribution in [2.24, 2.45) is 0 Å². The van der Waals surface area contributed by atoms with E-state index in [1.165, 1.54) is 0 Å². The molecule has 1 rings (SSSR count). The minimum atomic E-state index is -0.738. The Morgan fingerprint density at radius 2 is 1.76 bits per heavy atom. The molecule has 0 spiro atoms. The number of nitrogens with one attached hydrogen (secondary N) is 1. The van der Waals surface area contributed by atoms with Gasteiger partial charge < -0.3 is 14.3 Å². The third-order valence-corrected chi connectivity index (χ3v) is 1.89. The van der Waals surface area contributed by atoms with E-state index in [0.29, 0.717) is 18.8 Å². The summed E-state index contributed by atoms with van der Waals surface area (Å²) in [5, 5.41) is 0. The van der Waals surface area contributed by atoms with Gasteiger partial charge in [0.15, 0.2) is 0 Å².